The van der Waals surface area contributed by atoms with Gasteiger partial charge in [-0.2, -0.15) is 13.2 Å². The lowest BCUT2D eigenvalue weighted by atomic mass is 9.93. The molecular weight excluding hydrogens is 429 g/mol. The molecule has 32 heavy (non-hydrogen) atoms. The Morgan fingerprint density at radius 2 is 1.50 bits per heavy atom. The van der Waals surface area contributed by atoms with Gasteiger partial charge in [-0.1, -0.05) is 13.8 Å². The van der Waals surface area contributed by atoms with Gasteiger partial charge < -0.3 is 15.1 Å². The Kier molecular flexibility index (Phi) is 6.47. The summed E-state index contributed by atoms with van der Waals surface area (Å²) in [4.78, 5) is 53.9. The average molecular weight is 454 g/mol. The number of nitrogens with zero attached hydrogens (tertiary/aromatic N) is 3. The lowest BCUT2D eigenvalue weighted by Gasteiger charge is -2.35. The Morgan fingerprint density at radius 3 is 1.97 bits per heavy atom. The topological polar surface area (TPSA) is 90.0 Å². The second-order valence-corrected chi connectivity index (χ2v) is 7.86. The molecule has 2 saturated heterocycles. The van der Waals surface area contributed by atoms with Crippen molar-refractivity contribution in [3.05, 3.63) is 35.4 Å². The van der Waals surface area contributed by atoms with Gasteiger partial charge in [0.2, 0.25) is 5.91 Å². The number of nitrogens with one attached hydrogen (secondary N) is 1. The third-order valence-corrected chi connectivity index (χ3v) is 6.13. The van der Waals surface area contributed by atoms with Gasteiger partial charge in [0.25, 0.3) is 11.8 Å². The van der Waals surface area contributed by atoms with Crippen molar-refractivity contribution < 1.29 is 32.3 Å². The predicted octanol–water partition coefficient (Wildman–Crippen LogP) is 2.10. The van der Waals surface area contributed by atoms with Crippen LogP contribution in [0.2, 0.25) is 0 Å². The number of hydrogen-bond donors (Lipinski definition) is 1. The fourth-order valence-electron chi connectivity index (χ4n) is 3.93. The molecule has 2 aliphatic rings. The molecule has 0 aromatic heterocycles. The number of rotatable bonds is 5. The first kappa shape index (κ1) is 23.6. The maximum Gasteiger partial charge on any atom is 0.416 e. The summed E-state index contributed by atoms with van der Waals surface area (Å²) in [7, 11) is 0. The smallest absolute Gasteiger partial charge is 0.338 e. The van der Waals surface area contributed by atoms with Crippen molar-refractivity contribution in [1.82, 2.24) is 20.0 Å². The van der Waals surface area contributed by atoms with Crippen LogP contribution in [0.15, 0.2) is 24.3 Å². The number of carbonyl (C=O) groups excluding carboxylic acids is 4. The molecule has 2 fully saturated rings. The van der Waals surface area contributed by atoms with Gasteiger partial charge in [0, 0.05) is 31.7 Å². The molecule has 2 heterocycles. The van der Waals surface area contributed by atoms with Crippen molar-refractivity contribution in [1.29, 1.82) is 0 Å². The van der Waals surface area contributed by atoms with E-state index in [-0.39, 0.29) is 38.3 Å². The highest BCUT2D eigenvalue weighted by Gasteiger charge is 2.49. The number of halogens is 3. The van der Waals surface area contributed by atoms with E-state index in [0.29, 0.717) is 12.8 Å². The van der Waals surface area contributed by atoms with E-state index in [1.165, 1.54) is 9.80 Å². The van der Waals surface area contributed by atoms with Crippen LogP contribution in [0.25, 0.3) is 0 Å². The van der Waals surface area contributed by atoms with Crippen molar-refractivity contribution in [3.8, 4) is 0 Å². The summed E-state index contributed by atoms with van der Waals surface area (Å²) in [6.45, 7) is 3.99. The van der Waals surface area contributed by atoms with Gasteiger partial charge in [-0.25, -0.2) is 4.79 Å². The molecule has 8 nitrogen and oxygen atoms in total. The molecule has 5 amide bonds. The van der Waals surface area contributed by atoms with Gasteiger partial charge in [0.1, 0.15) is 12.1 Å². The van der Waals surface area contributed by atoms with Crippen molar-refractivity contribution in [3.63, 3.8) is 0 Å². The van der Waals surface area contributed by atoms with Crippen molar-refractivity contribution in [2.24, 2.45) is 0 Å². The van der Waals surface area contributed by atoms with Crippen molar-refractivity contribution >= 4 is 23.8 Å². The first-order valence-electron chi connectivity index (χ1n) is 10.4. The molecule has 1 aromatic rings. The first-order chi connectivity index (χ1) is 15.0. The number of benzene rings is 1. The molecule has 11 heteroatoms. The number of hydrogen-bond acceptors (Lipinski definition) is 4. The number of carbonyl (C=O) groups is 4. The fourth-order valence-corrected chi connectivity index (χ4v) is 3.93. The average Bonchev–Trinajstić information content (AvgIpc) is 3.02. The molecular formula is C21H25F3N4O4. The SMILES string of the molecule is CCC1(CC)NC(=O)N(CC(=O)N2CCN(C(=O)c3ccc(C(F)(F)F)cc3)CC2)C1=O. The largest absolute Gasteiger partial charge is 0.416 e. The van der Waals surface area contributed by atoms with Crippen molar-refractivity contribution in [2.45, 2.75) is 38.4 Å². The van der Waals surface area contributed by atoms with Crippen LogP contribution < -0.4 is 5.32 Å². The zero-order valence-electron chi connectivity index (χ0n) is 17.9. The standard InChI is InChI=1S/C21H25F3N4O4/c1-3-20(4-2)18(31)28(19(32)25-20)13-16(29)26-9-11-27(12-10-26)17(30)14-5-7-15(8-6-14)21(22,23)24/h5-8H,3-4,9-13H2,1-2H3,(H,25,32). The highest BCUT2D eigenvalue weighted by atomic mass is 19.4. The summed E-state index contributed by atoms with van der Waals surface area (Å²) in [6, 6.07) is 3.39. The Morgan fingerprint density at radius 1 is 0.969 bits per heavy atom. The van der Waals surface area contributed by atoms with Crippen LogP contribution >= 0.6 is 0 Å². The van der Waals surface area contributed by atoms with E-state index in [1.54, 1.807) is 13.8 Å². The third kappa shape index (κ3) is 4.42. The van der Waals surface area contributed by atoms with Crippen LogP contribution in [-0.4, -0.2) is 76.7 Å². The minimum absolute atomic E-state index is 0.132. The minimum atomic E-state index is -4.48. The van der Waals surface area contributed by atoms with E-state index in [2.05, 4.69) is 5.32 Å². The normalized spacial score (nSPS) is 18.7. The quantitative estimate of drug-likeness (QED) is 0.690. The van der Waals surface area contributed by atoms with E-state index in [4.69, 9.17) is 0 Å². The number of imide groups is 1. The van der Waals surface area contributed by atoms with E-state index in [9.17, 15) is 32.3 Å². The maximum atomic E-state index is 12.7. The summed E-state index contributed by atoms with van der Waals surface area (Å²) in [5.41, 5.74) is -1.68. The van der Waals surface area contributed by atoms with Gasteiger partial charge in [-0.3, -0.25) is 19.3 Å². The fraction of sp³-hybridized carbons (Fsp3) is 0.524. The molecule has 2 aliphatic heterocycles. The Balaban J connectivity index is 1.56. The monoisotopic (exact) mass is 454 g/mol. The molecule has 0 spiro atoms. The van der Waals surface area contributed by atoms with Crippen LogP contribution in [-0.2, 0) is 15.8 Å². The predicted molar refractivity (Wildman–Crippen MR) is 107 cm³/mol. The highest BCUT2D eigenvalue weighted by molar-refractivity contribution is 6.09. The van der Waals surface area contributed by atoms with Gasteiger partial charge >= 0.3 is 12.2 Å². The summed E-state index contributed by atoms with van der Waals surface area (Å²) in [5.74, 6) is -1.24. The Labute approximate surface area is 183 Å². The Bertz CT molecular complexity index is 905. The summed E-state index contributed by atoms with van der Waals surface area (Å²) < 4.78 is 38.1. The first-order valence-corrected chi connectivity index (χ1v) is 10.4. The van der Waals surface area contributed by atoms with E-state index in [1.807, 2.05) is 0 Å². The molecule has 0 atom stereocenters. The van der Waals surface area contributed by atoms with Crippen molar-refractivity contribution in [2.75, 3.05) is 32.7 Å². The summed E-state index contributed by atoms with van der Waals surface area (Å²) in [6.07, 6.45) is -3.64. The van der Waals surface area contributed by atoms with Gasteiger partial charge in [0.05, 0.1) is 5.56 Å². The second kappa shape index (κ2) is 8.79. The van der Waals surface area contributed by atoms with Gasteiger partial charge in [0.15, 0.2) is 0 Å². The maximum absolute atomic E-state index is 12.7. The summed E-state index contributed by atoms with van der Waals surface area (Å²) >= 11 is 0. The van der Waals surface area contributed by atoms with E-state index >= 15 is 0 Å². The van der Waals surface area contributed by atoms with E-state index < -0.39 is 41.0 Å². The molecule has 3 rings (SSSR count). The zero-order valence-corrected chi connectivity index (χ0v) is 17.9. The van der Waals surface area contributed by atoms with E-state index in [0.717, 1.165) is 29.2 Å². The number of urea groups is 1. The van der Waals surface area contributed by atoms with Gasteiger partial charge in [-0.15, -0.1) is 0 Å². The second-order valence-electron chi connectivity index (χ2n) is 7.86. The molecule has 1 N–H and O–H groups in total. The zero-order chi connectivity index (χ0) is 23.7. The molecule has 174 valence electrons. The highest BCUT2D eigenvalue weighted by Crippen LogP contribution is 2.29. The van der Waals surface area contributed by atoms with Crippen LogP contribution in [0.4, 0.5) is 18.0 Å². The van der Waals surface area contributed by atoms with Crippen LogP contribution in [0.3, 0.4) is 0 Å². The minimum Gasteiger partial charge on any atom is -0.338 e. The molecule has 0 unspecified atom stereocenters. The molecule has 0 aliphatic carbocycles. The Hall–Kier alpha value is -3.11. The van der Waals surface area contributed by atoms with Crippen LogP contribution in [0.1, 0.15) is 42.6 Å². The summed E-state index contributed by atoms with van der Waals surface area (Å²) in [5, 5.41) is 2.67. The molecule has 0 bridgehead atoms. The van der Waals surface area contributed by atoms with Crippen LogP contribution in [0.5, 0.6) is 0 Å². The number of piperazine rings is 1. The lowest BCUT2D eigenvalue weighted by Crippen LogP contribution is -2.53. The number of alkyl halides is 3. The third-order valence-electron chi connectivity index (χ3n) is 6.13. The molecule has 1 aromatic carbocycles. The molecule has 0 radical (unpaired) electrons. The number of amides is 5. The lowest BCUT2D eigenvalue weighted by molar-refractivity contribution is -0.139. The van der Waals surface area contributed by atoms with Gasteiger partial charge in [-0.05, 0) is 37.1 Å². The van der Waals surface area contributed by atoms with Crippen LogP contribution in [0, 0.1) is 0 Å². The molecule has 0 saturated carbocycles.